The molecule has 2 unspecified atom stereocenters. The van der Waals surface area contributed by atoms with Crippen molar-refractivity contribution in [3.8, 4) is 0 Å². The second-order valence-corrected chi connectivity index (χ2v) is 8.06. The number of likely N-dealkylation sites (tertiary alicyclic amines) is 2. The minimum atomic E-state index is -1.20. The van der Waals surface area contributed by atoms with Crippen LogP contribution in [0.3, 0.4) is 0 Å². The Hall–Kier alpha value is -0.180. The molecule has 0 bridgehead atoms. The third kappa shape index (κ3) is 7.18. The second-order valence-electron chi connectivity index (χ2n) is 8.06. The molecule has 2 aliphatic heterocycles. The van der Waals surface area contributed by atoms with Crippen LogP contribution in [0.2, 0.25) is 0 Å². The first-order chi connectivity index (χ1) is 13.1. The molecule has 2 heterocycles. The summed E-state index contributed by atoms with van der Waals surface area (Å²) in [7, 11) is 1.43. The second kappa shape index (κ2) is 13.3. The average Bonchev–Trinajstić information content (AvgIpc) is 3.38. The van der Waals surface area contributed by atoms with E-state index in [-0.39, 0.29) is 55.1 Å². The van der Waals surface area contributed by atoms with Crippen LogP contribution in [-0.2, 0) is 19.0 Å². The normalized spacial score (nSPS) is 30.2. The molecule has 2 saturated heterocycles. The van der Waals surface area contributed by atoms with Gasteiger partial charge < -0.3 is 14.2 Å². The van der Waals surface area contributed by atoms with Crippen molar-refractivity contribution in [2.24, 2.45) is 11.8 Å². The zero-order valence-corrected chi connectivity index (χ0v) is 19.2. The van der Waals surface area contributed by atoms with Gasteiger partial charge in [-0.15, -0.1) is 24.8 Å². The number of hydrogen-bond donors (Lipinski definition) is 0. The topological polar surface area (TPSA) is 51.2 Å². The molecular weight excluding hydrogens is 422 g/mol. The predicted octanol–water partition coefficient (Wildman–Crippen LogP) is 3.61. The summed E-state index contributed by atoms with van der Waals surface area (Å²) in [5, 5.41) is 0. The smallest absolute Gasteiger partial charge is 0.308 e. The molecule has 1 saturated carbocycles. The van der Waals surface area contributed by atoms with Gasteiger partial charge in [-0.05, 0) is 51.9 Å². The highest BCUT2D eigenvalue weighted by atomic mass is 35.5. The lowest BCUT2D eigenvalue weighted by Crippen LogP contribution is -2.50. The van der Waals surface area contributed by atoms with Crippen molar-refractivity contribution in [3.05, 3.63) is 0 Å². The first-order valence-electron chi connectivity index (χ1n) is 10.6. The van der Waals surface area contributed by atoms with E-state index in [0.717, 1.165) is 51.7 Å². The number of hydrogen-bond acceptors (Lipinski definition) is 6. The number of rotatable bonds is 8. The standard InChI is InChI=1S/C20H35FN2O4.2ClH/c1-3-26-19(24)15-6-8-17(9-7-15)27-20(22-11-4-5-12-22)23-13-10-16(14-23)18(21)25-2;;/h15-18,20H,3-14H2,1-2H3;2*1H/t15?,16-,17?,18?,20?;;/m0../s1. The fraction of sp³-hybridized carbons (Fsp3) is 0.950. The van der Waals surface area contributed by atoms with Gasteiger partial charge in [0.25, 0.3) is 0 Å². The summed E-state index contributed by atoms with van der Waals surface area (Å²) in [6.45, 7) is 5.88. The van der Waals surface area contributed by atoms with Crippen LogP contribution >= 0.6 is 24.8 Å². The minimum absolute atomic E-state index is 0. The zero-order chi connectivity index (χ0) is 19.2. The maximum atomic E-state index is 13.9. The Bertz CT molecular complexity index is 477. The van der Waals surface area contributed by atoms with Crippen molar-refractivity contribution >= 4 is 30.8 Å². The molecule has 172 valence electrons. The summed E-state index contributed by atoms with van der Waals surface area (Å²) >= 11 is 0. The fourth-order valence-electron chi connectivity index (χ4n) is 4.65. The Balaban J connectivity index is 0.00000210. The number of esters is 1. The van der Waals surface area contributed by atoms with E-state index in [2.05, 4.69) is 9.80 Å². The van der Waals surface area contributed by atoms with Crippen molar-refractivity contribution in [1.82, 2.24) is 9.80 Å². The Labute approximate surface area is 186 Å². The molecule has 3 atom stereocenters. The van der Waals surface area contributed by atoms with Crippen LogP contribution in [0.15, 0.2) is 0 Å². The lowest BCUT2D eigenvalue weighted by atomic mass is 9.87. The quantitative estimate of drug-likeness (QED) is 0.517. The Morgan fingerprint density at radius 1 is 1.03 bits per heavy atom. The van der Waals surface area contributed by atoms with Crippen LogP contribution in [0.4, 0.5) is 4.39 Å². The van der Waals surface area contributed by atoms with E-state index in [4.69, 9.17) is 14.2 Å². The number of halogens is 3. The molecule has 3 fully saturated rings. The van der Waals surface area contributed by atoms with Crippen LogP contribution < -0.4 is 0 Å². The van der Waals surface area contributed by atoms with Crippen molar-refractivity contribution in [2.75, 3.05) is 39.9 Å². The van der Waals surface area contributed by atoms with E-state index >= 15 is 0 Å². The molecule has 0 aromatic heterocycles. The SMILES string of the molecule is CCOC(=O)C1CCC(OC(N2CCCC2)N2CC[C@H](C(F)OC)C2)CC1.Cl.Cl. The molecule has 3 aliphatic rings. The van der Waals surface area contributed by atoms with E-state index in [0.29, 0.717) is 13.2 Å². The summed E-state index contributed by atoms with van der Waals surface area (Å²) < 4.78 is 30.6. The predicted molar refractivity (Wildman–Crippen MR) is 114 cm³/mol. The van der Waals surface area contributed by atoms with Crippen LogP contribution in [0.5, 0.6) is 0 Å². The molecule has 0 amide bonds. The van der Waals surface area contributed by atoms with Gasteiger partial charge in [0.05, 0.1) is 18.6 Å². The molecule has 0 N–H and O–H groups in total. The lowest BCUT2D eigenvalue weighted by molar-refractivity contribution is -0.181. The molecule has 0 aromatic rings. The first-order valence-corrected chi connectivity index (χ1v) is 10.6. The lowest BCUT2D eigenvalue weighted by Gasteiger charge is -2.39. The maximum Gasteiger partial charge on any atom is 0.308 e. The van der Waals surface area contributed by atoms with E-state index < -0.39 is 6.36 Å². The van der Waals surface area contributed by atoms with Gasteiger partial charge in [-0.2, -0.15) is 0 Å². The van der Waals surface area contributed by atoms with Crippen LogP contribution in [-0.4, -0.2) is 74.5 Å². The van der Waals surface area contributed by atoms with Crippen molar-refractivity contribution in [1.29, 1.82) is 0 Å². The van der Waals surface area contributed by atoms with E-state index in [1.165, 1.54) is 20.0 Å². The van der Waals surface area contributed by atoms with E-state index in [9.17, 15) is 9.18 Å². The monoisotopic (exact) mass is 458 g/mol. The molecule has 0 radical (unpaired) electrons. The van der Waals surface area contributed by atoms with Gasteiger partial charge in [0, 0.05) is 39.2 Å². The fourth-order valence-corrected chi connectivity index (χ4v) is 4.65. The van der Waals surface area contributed by atoms with Gasteiger partial charge in [-0.3, -0.25) is 14.6 Å². The van der Waals surface area contributed by atoms with Crippen LogP contribution in [0, 0.1) is 11.8 Å². The minimum Gasteiger partial charge on any atom is -0.466 e. The molecule has 0 spiro atoms. The number of carbonyl (C=O) groups excluding carboxylic acids is 1. The highest BCUT2D eigenvalue weighted by Crippen LogP contribution is 2.32. The molecule has 3 rings (SSSR count). The van der Waals surface area contributed by atoms with Gasteiger partial charge in [0.15, 0.2) is 6.35 Å². The Morgan fingerprint density at radius 2 is 1.69 bits per heavy atom. The van der Waals surface area contributed by atoms with Gasteiger partial charge >= 0.3 is 5.97 Å². The van der Waals surface area contributed by atoms with Gasteiger partial charge in [0.1, 0.15) is 0 Å². The summed E-state index contributed by atoms with van der Waals surface area (Å²) in [5.74, 6) is -0.133. The third-order valence-electron chi connectivity index (χ3n) is 6.23. The largest absolute Gasteiger partial charge is 0.466 e. The van der Waals surface area contributed by atoms with E-state index in [1.54, 1.807) is 0 Å². The number of ether oxygens (including phenoxy) is 3. The Kier molecular flexibility index (Phi) is 12.3. The third-order valence-corrected chi connectivity index (χ3v) is 6.23. The Morgan fingerprint density at radius 3 is 2.28 bits per heavy atom. The summed E-state index contributed by atoms with van der Waals surface area (Å²) in [5.41, 5.74) is 0. The molecule has 9 heteroatoms. The summed E-state index contributed by atoms with van der Waals surface area (Å²) in [4.78, 5) is 16.6. The highest BCUT2D eigenvalue weighted by Gasteiger charge is 2.39. The van der Waals surface area contributed by atoms with Crippen molar-refractivity contribution < 1.29 is 23.4 Å². The van der Waals surface area contributed by atoms with Gasteiger partial charge in [-0.25, -0.2) is 4.39 Å². The molecule has 6 nitrogen and oxygen atoms in total. The summed E-state index contributed by atoms with van der Waals surface area (Å²) in [6, 6.07) is 0. The maximum absolute atomic E-state index is 13.9. The summed E-state index contributed by atoms with van der Waals surface area (Å²) in [6.07, 6.45) is 5.49. The molecule has 1 aliphatic carbocycles. The van der Waals surface area contributed by atoms with Crippen LogP contribution in [0.1, 0.15) is 51.9 Å². The van der Waals surface area contributed by atoms with Crippen molar-refractivity contribution in [2.45, 2.75) is 70.7 Å². The molecule has 0 aromatic carbocycles. The molecular formula is C20H37Cl2FN2O4. The number of nitrogens with zero attached hydrogens (tertiary/aromatic N) is 2. The van der Waals surface area contributed by atoms with Crippen molar-refractivity contribution in [3.63, 3.8) is 0 Å². The number of methoxy groups -OCH3 is 1. The molecule has 29 heavy (non-hydrogen) atoms. The van der Waals surface area contributed by atoms with Crippen LogP contribution in [0.25, 0.3) is 0 Å². The number of alkyl halides is 1. The first kappa shape index (κ1) is 26.9. The van der Waals surface area contributed by atoms with Gasteiger partial charge in [0.2, 0.25) is 6.36 Å². The van der Waals surface area contributed by atoms with Gasteiger partial charge in [-0.1, -0.05) is 0 Å². The average molecular weight is 459 g/mol. The highest BCUT2D eigenvalue weighted by molar-refractivity contribution is 5.85. The van der Waals surface area contributed by atoms with E-state index in [1.807, 2.05) is 6.92 Å². The zero-order valence-electron chi connectivity index (χ0n) is 17.6. The number of carbonyl (C=O) groups is 1.